The van der Waals surface area contributed by atoms with Gasteiger partial charge >= 0.3 is 0 Å². The number of ether oxygens (including phenoxy) is 1. The monoisotopic (exact) mass is 299 g/mol. The van der Waals surface area contributed by atoms with Gasteiger partial charge in [0.15, 0.2) is 5.17 Å². The average molecular weight is 299 g/mol. The van der Waals surface area contributed by atoms with Crippen LogP contribution in [0.1, 0.15) is 5.56 Å². The number of anilines is 1. The molecule has 21 heavy (non-hydrogen) atoms. The van der Waals surface area contributed by atoms with Crippen LogP contribution in [0.25, 0.3) is 0 Å². The van der Waals surface area contributed by atoms with E-state index in [0.29, 0.717) is 6.67 Å². The van der Waals surface area contributed by atoms with Gasteiger partial charge in [0.2, 0.25) is 0 Å². The highest BCUT2D eigenvalue weighted by molar-refractivity contribution is 7.96. The molecule has 1 heterocycles. The summed E-state index contributed by atoms with van der Waals surface area (Å²) in [5.41, 5.74) is 2.29. The summed E-state index contributed by atoms with van der Waals surface area (Å²) in [5, 5.41) is 4.91. The van der Waals surface area contributed by atoms with Gasteiger partial charge in [-0.1, -0.05) is 30.3 Å². The van der Waals surface area contributed by atoms with Gasteiger partial charge in [0.25, 0.3) is 0 Å². The summed E-state index contributed by atoms with van der Waals surface area (Å²) < 4.78 is 5.20. The molecular weight excluding hydrogens is 282 g/mol. The average Bonchev–Trinajstić information content (AvgIpc) is 2.90. The zero-order valence-corrected chi connectivity index (χ0v) is 12.7. The number of benzene rings is 2. The van der Waals surface area contributed by atoms with Gasteiger partial charge < -0.3 is 4.74 Å². The number of hydrogen-bond acceptors (Lipinski definition) is 4. The summed E-state index contributed by atoms with van der Waals surface area (Å²) in [4.78, 5) is 4.42. The van der Waals surface area contributed by atoms with Gasteiger partial charge in [0.1, 0.15) is 12.4 Å². The van der Waals surface area contributed by atoms with Crippen molar-refractivity contribution in [1.29, 1.82) is 0 Å². The molecule has 5 heteroatoms. The van der Waals surface area contributed by atoms with Crippen LogP contribution in [-0.4, -0.2) is 24.0 Å². The van der Waals surface area contributed by atoms with Crippen molar-refractivity contribution in [2.45, 2.75) is 6.54 Å². The van der Waals surface area contributed by atoms with E-state index in [1.165, 1.54) is 5.56 Å². The van der Waals surface area contributed by atoms with Crippen molar-refractivity contribution >= 4 is 23.5 Å². The Morgan fingerprint density at radius 3 is 2.48 bits per heavy atom. The molecule has 0 aliphatic carbocycles. The van der Waals surface area contributed by atoms with E-state index < -0.39 is 0 Å². The molecule has 2 aromatic carbocycles. The molecule has 0 saturated carbocycles. The summed E-state index contributed by atoms with van der Waals surface area (Å²) in [6.45, 7) is 1.33. The first-order valence-electron chi connectivity index (χ1n) is 6.74. The third-order valence-electron chi connectivity index (χ3n) is 3.41. The van der Waals surface area contributed by atoms with Gasteiger partial charge in [-0.15, -0.1) is 12.6 Å². The lowest BCUT2D eigenvalue weighted by Gasteiger charge is -2.30. The van der Waals surface area contributed by atoms with Crippen LogP contribution in [0.4, 0.5) is 5.69 Å². The molecule has 0 spiro atoms. The van der Waals surface area contributed by atoms with Crippen LogP contribution >= 0.6 is 12.6 Å². The van der Waals surface area contributed by atoms with Crippen molar-refractivity contribution in [2.75, 3.05) is 18.8 Å². The van der Waals surface area contributed by atoms with E-state index in [-0.39, 0.29) is 0 Å². The summed E-state index contributed by atoms with van der Waals surface area (Å²) in [7, 11) is 1.67. The largest absolute Gasteiger partial charge is 0.497 e. The molecule has 3 rings (SSSR count). The molecule has 0 saturated heterocycles. The molecule has 1 aliphatic heterocycles. The smallest absolute Gasteiger partial charge is 0.177 e. The highest BCUT2D eigenvalue weighted by atomic mass is 32.1. The van der Waals surface area contributed by atoms with Crippen molar-refractivity contribution in [3.8, 4) is 5.75 Å². The predicted octanol–water partition coefficient (Wildman–Crippen LogP) is 3.18. The molecular formula is C16H17N3OS. The molecule has 0 N–H and O–H groups in total. The number of thiol groups is 1. The van der Waals surface area contributed by atoms with Crippen LogP contribution < -0.4 is 9.75 Å². The summed E-state index contributed by atoms with van der Waals surface area (Å²) in [6, 6.07) is 18.3. The van der Waals surface area contributed by atoms with Crippen LogP contribution in [0.2, 0.25) is 0 Å². The number of methoxy groups -OCH3 is 1. The quantitative estimate of drug-likeness (QED) is 0.879. The molecule has 1 aliphatic rings. The molecule has 4 nitrogen and oxygen atoms in total. The summed E-state index contributed by atoms with van der Waals surface area (Å²) >= 11 is 4.48. The third-order valence-corrected chi connectivity index (χ3v) is 3.79. The molecule has 2 aromatic rings. The fourth-order valence-corrected chi connectivity index (χ4v) is 2.53. The van der Waals surface area contributed by atoms with Crippen molar-refractivity contribution in [1.82, 2.24) is 5.01 Å². The fourth-order valence-electron chi connectivity index (χ4n) is 2.28. The van der Waals surface area contributed by atoms with E-state index in [1.54, 1.807) is 7.11 Å². The minimum Gasteiger partial charge on any atom is -0.497 e. The number of nitrogens with zero attached hydrogens (tertiary/aromatic N) is 3. The maximum Gasteiger partial charge on any atom is 0.177 e. The molecule has 0 aromatic heterocycles. The first kappa shape index (κ1) is 13.8. The van der Waals surface area contributed by atoms with Crippen LogP contribution in [0.3, 0.4) is 0 Å². The Balaban J connectivity index is 1.81. The lowest BCUT2D eigenvalue weighted by Crippen LogP contribution is -2.39. The van der Waals surface area contributed by atoms with E-state index >= 15 is 0 Å². The fraction of sp³-hybridized carbons (Fsp3) is 0.188. The van der Waals surface area contributed by atoms with E-state index in [9.17, 15) is 0 Å². The minimum atomic E-state index is 0.581. The second kappa shape index (κ2) is 6.10. The molecule has 0 amide bonds. The number of hydrogen-bond donors (Lipinski definition) is 1. The normalized spacial score (nSPS) is 14.3. The highest BCUT2D eigenvalue weighted by Gasteiger charge is 2.23. The minimum absolute atomic E-state index is 0.581. The van der Waals surface area contributed by atoms with Gasteiger partial charge in [-0.3, -0.25) is 10.0 Å². The van der Waals surface area contributed by atoms with E-state index in [2.05, 4.69) is 39.8 Å². The third kappa shape index (κ3) is 2.97. The number of rotatable bonds is 4. The summed E-state index contributed by atoms with van der Waals surface area (Å²) in [6.07, 6.45) is 0. The molecule has 0 fully saturated rings. The van der Waals surface area contributed by atoms with Gasteiger partial charge in [0, 0.05) is 0 Å². The Bertz CT molecular complexity index is 628. The lowest BCUT2D eigenvalue weighted by molar-refractivity contribution is 0.409. The number of aliphatic imine (C=N–C) groups is 1. The van der Waals surface area contributed by atoms with Gasteiger partial charge in [-0.25, -0.2) is 4.99 Å². The summed E-state index contributed by atoms with van der Waals surface area (Å²) in [5.74, 6) is 0.847. The van der Waals surface area contributed by atoms with E-state index in [1.807, 2.05) is 42.5 Å². The van der Waals surface area contributed by atoms with Crippen molar-refractivity contribution in [3.05, 3.63) is 60.2 Å². The Labute approximate surface area is 130 Å². The predicted molar refractivity (Wildman–Crippen MR) is 88.7 cm³/mol. The molecule has 108 valence electrons. The standard InChI is InChI=1S/C16H17N3OS/c1-20-15-9-7-14(8-10-15)19-12-17-16(21)18(19)11-13-5-3-2-4-6-13/h2-10H,11-12H2,1H3,(H,17,21). The lowest BCUT2D eigenvalue weighted by atomic mass is 10.2. The van der Waals surface area contributed by atoms with Crippen LogP contribution in [0.15, 0.2) is 59.6 Å². The second-order valence-corrected chi connectivity index (χ2v) is 5.14. The zero-order chi connectivity index (χ0) is 14.7. The van der Waals surface area contributed by atoms with Crippen LogP contribution in [-0.2, 0) is 6.54 Å². The number of hydrazine groups is 1. The van der Waals surface area contributed by atoms with Gasteiger partial charge in [-0.2, -0.15) is 0 Å². The Hall–Kier alpha value is -2.14. The Morgan fingerprint density at radius 1 is 1.10 bits per heavy atom. The maximum absolute atomic E-state index is 5.20. The van der Waals surface area contributed by atoms with Gasteiger partial charge in [0.05, 0.1) is 19.3 Å². The van der Waals surface area contributed by atoms with Gasteiger partial charge in [-0.05, 0) is 29.8 Å². The highest BCUT2D eigenvalue weighted by Crippen LogP contribution is 2.25. The zero-order valence-electron chi connectivity index (χ0n) is 11.8. The topological polar surface area (TPSA) is 28.1 Å². The first-order valence-corrected chi connectivity index (χ1v) is 7.19. The van der Waals surface area contributed by atoms with Crippen LogP contribution in [0.5, 0.6) is 5.75 Å². The van der Waals surface area contributed by atoms with Crippen molar-refractivity contribution < 1.29 is 4.74 Å². The molecule has 0 bridgehead atoms. The Morgan fingerprint density at radius 2 is 1.81 bits per heavy atom. The SMILES string of the molecule is COc1ccc(N2CN=C(S)N2Cc2ccccc2)cc1. The Kier molecular flexibility index (Phi) is 4.01. The maximum atomic E-state index is 5.20. The van der Waals surface area contributed by atoms with E-state index in [4.69, 9.17) is 4.74 Å². The van der Waals surface area contributed by atoms with Crippen molar-refractivity contribution in [2.24, 2.45) is 4.99 Å². The van der Waals surface area contributed by atoms with Crippen molar-refractivity contribution in [3.63, 3.8) is 0 Å². The molecule has 0 atom stereocenters. The van der Waals surface area contributed by atoms with Crippen LogP contribution in [0, 0.1) is 0 Å². The molecule has 0 unspecified atom stereocenters. The van der Waals surface area contributed by atoms with E-state index in [0.717, 1.165) is 23.1 Å². The first-order chi connectivity index (χ1) is 10.3. The number of amidine groups is 1. The molecule has 0 radical (unpaired) electrons. The second-order valence-electron chi connectivity index (χ2n) is 4.74.